The molecule has 0 unspecified atom stereocenters. The second-order valence-electron chi connectivity index (χ2n) is 6.89. The third kappa shape index (κ3) is 4.85. The van der Waals surface area contributed by atoms with Crippen molar-refractivity contribution in [3.8, 4) is 17.2 Å². The van der Waals surface area contributed by atoms with Crippen molar-refractivity contribution in [1.82, 2.24) is 9.47 Å². The molecule has 7 heteroatoms. The van der Waals surface area contributed by atoms with Crippen molar-refractivity contribution < 1.29 is 19.0 Å². The van der Waals surface area contributed by atoms with Crippen molar-refractivity contribution in [3.63, 3.8) is 0 Å². The predicted octanol–water partition coefficient (Wildman–Crippen LogP) is 2.15. The summed E-state index contributed by atoms with van der Waals surface area (Å²) in [4.78, 5) is 26.0. The monoisotopic (exact) mass is 386 g/mol. The van der Waals surface area contributed by atoms with Gasteiger partial charge in [-0.05, 0) is 37.3 Å². The summed E-state index contributed by atoms with van der Waals surface area (Å²) in [5.41, 5.74) is 0.768. The van der Waals surface area contributed by atoms with Crippen molar-refractivity contribution in [2.45, 2.75) is 25.9 Å². The van der Waals surface area contributed by atoms with Gasteiger partial charge in [0.05, 0.1) is 7.11 Å². The molecule has 0 aliphatic carbocycles. The van der Waals surface area contributed by atoms with Crippen LogP contribution in [0.3, 0.4) is 0 Å². The van der Waals surface area contributed by atoms with Crippen molar-refractivity contribution >= 4 is 5.91 Å². The van der Waals surface area contributed by atoms with Crippen LogP contribution in [0.25, 0.3) is 0 Å². The molecule has 1 aliphatic rings. The third-order valence-corrected chi connectivity index (χ3v) is 5.00. The van der Waals surface area contributed by atoms with Gasteiger partial charge in [-0.25, -0.2) is 0 Å². The molecule has 0 spiro atoms. The molecule has 3 rings (SSSR count). The number of methoxy groups -OCH3 is 1. The second kappa shape index (κ2) is 8.82. The van der Waals surface area contributed by atoms with Gasteiger partial charge in [-0.15, -0.1) is 0 Å². The number of piperidine rings is 1. The molecule has 1 aromatic heterocycles. The van der Waals surface area contributed by atoms with Crippen LogP contribution >= 0.6 is 0 Å². The van der Waals surface area contributed by atoms with Crippen molar-refractivity contribution in [2.24, 2.45) is 7.05 Å². The average molecular weight is 386 g/mol. The number of hydrogen-bond donors (Lipinski definition) is 0. The third-order valence-electron chi connectivity index (χ3n) is 5.00. The molecule has 1 saturated heterocycles. The maximum atomic E-state index is 12.4. The second-order valence-corrected chi connectivity index (χ2v) is 6.89. The number of likely N-dealkylation sites (tertiary alicyclic amines) is 1. The zero-order valence-electron chi connectivity index (χ0n) is 16.5. The Morgan fingerprint density at radius 3 is 2.32 bits per heavy atom. The van der Waals surface area contributed by atoms with Gasteiger partial charge in [-0.2, -0.15) is 0 Å². The van der Waals surface area contributed by atoms with Crippen LogP contribution in [0.1, 0.15) is 18.5 Å². The number of aromatic nitrogens is 1. The van der Waals surface area contributed by atoms with Crippen LogP contribution in [0.4, 0.5) is 0 Å². The van der Waals surface area contributed by atoms with Crippen LogP contribution in [0.15, 0.2) is 41.2 Å². The molecular weight excluding hydrogens is 360 g/mol. The molecule has 0 saturated carbocycles. The molecule has 0 atom stereocenters. The number of amides is 1. The normalized spacial score (nSPS) is 14.6. The van der Waals surface area contributed by atoms with Crippen LogP contribution in [-0.4, -0.2) is 48.3 Å². The molecule has 2 aromatic rings. The van der Waals surface area contributed by atoms with Crippen LogP contribution in [0, 0.1) is 6.92 Å². The summed E-state index contributed by atoms with van der Waals surface area (Å²) in [7, 11) is 3.34. The highest BCUT2D eigenvalue weighted by Crippen LogP contribution is 2.20. The molecule has 7 nitrogen and oxygen atoms in total. The fraction of sp³-hybridized carbons (Fsp3) is 0.429. The maximum Gasteiger partial charge on any atom is 0.260 e. The molecule has 150 valence electrons. The van der Waals surface area contributed by atoms with Crippen LogP contribution in [-0.2, 0) is 11.8 Å². The number of nitrogens with zero attached hydrogens (tertiary/aromatic N) is 2. The number of carbonyl (C=O) groups is 1. The van der Waals surface area contributed by atoms with Gasteiger partial charge in [0.2, 0.25) is 0 Å². The Balaban J connectivity index is 1.46. The quantitative estimate of drug-likeness (QED) is 0.761. The summed E-state index contributed by atoms with van der Waals surface area (Å²) in [6, 6.07) is 10.5. The zero-order valence-corrected chi connectivity index (χ0v) is 16.5. The van der Waals surface area contributed by atoms with Gasteiger partial charge in [0, 0.05) is 44.7 Å². The van der Waals surface area contributed by atoms with E-state index in [1.165, 1.54) is 6.07 Å². The fourth-order valence-corrected chi connectivity index (χ4v) is 3.13. The highest BCUT2D eigenvalue weighted by Gasteiger charge is 2.24. The van der Waals surface area contributed by atoms with Gasteiger partial charge in [0.1, 0.15) is 23.4 Å². The number of carbonyl (C=O) groups excluding carboxylic acids is 1. The molecule has 1 aliphatic heterocycles. The highest BCUT2D eigenvalue weighted by atomic mass is 16.5. The molecule has 2 heterocycles. The topological polar surface area (TPSA) is 70.0 Å². The Kier molecular flexibility index (Phi) is 6.23. The Morgan fingerprint density at radius 2 is 1.71 bits per heavy atom. The molecule has 1 amide bonds. The minimum atomic E-state index is -0.0849. The van der Waals surface area contributed by atoms with E-state index in [4.69, 9.17) is 14.2 Å². The lowest BCUT2D eigenvalue weighted by Crippen LogP contribution is -2.43. The molecule has 0 radical (unpaired) electrons. The first-order chi connectivity index (χ1) is 13.5. The van der Waals surface area contributed by atoms with Gasteiger partial charge in [-0.1, -0.05) is 0 Å². The summed E-state index contributed by atoms with van der Waals surface area (Å²) in [6.07, 6.45) is 1.45. The minimum absolute atomic E-state index is 0.00179. The first-order valence-corrected chi connectivity index (χ1v) is 9.35. The van der Waals surface area contributed by atoms with E-state index in [9.17, 15) is 9.59 Å². The van der Waals surface area contributed by atoms with E-state index in [-0.39, 0.29) is 24.2 Å². The lowest BCUT2D eigenvalue weighted by atomic mass is 10.1. The fourth-order valence-electron chi connectivity index (χ4n) is 3.13. The SMILES string of the molecule is COc1ccc(OCC(=O)N2CCC(Oc3cc(C)n(C)c(=O)c3)CC2)cc1. The molecular formula is C21H26N2O5. The molecule has 0 N–H and O–H groups in total. The Hall–Kier alpha value is -2.96. The Bertz CT molecular complexity index is 867. The van der Waals surface area contributed by atoms with Crippen LogP contribution in [0.2, 0.25) is 0 Å². The van der Waals surface area contributed by atoms with Crippen LogP contribution in [0.5, 0.6) is 17.2 Å². The van der Waals surface area contributed by atoms with E-state index in [1.807, 2.05) is 13.0 Å². The van der Waals surface area contributed by atoms with E-state index in [0.29, 0.717) is 24.6 Å². The summed E-state index contributed by atoms with van der Waals surface area (Å²) >= 11 is 0. The average Bonchev–Trinajstić information content (AvgIpc) is 2.71. The van der Waals surface area contributed by atoms with Crippen molar-refractivity contribution in [2.75, 3.05) is 26.8 Å². The maximum absolute atomic E-state index is 12.4. The van der Waals surface area contributed by atoms with Gasteiger partial charge in [0.25, 0.3) is 11.5 Å². The molecule has 28 heavy (non-hydrogen) atoms. The minimum Gasteiger partial charge on any atom is -0.497 e. The van der Waals surface area contributed by atoms with Gasteiger partial charge >= 0.3 is 0 Å². The van der Waals surface area contributed by atoms with Crippen LogP contribution < -0.4 is 19.8 Å². The number of pyridine rings is 1. The number of aryl methyl sites for hydroxylation is 1. The van der Waals surface area contributed by atoms with E-state index >= 15 is 0 Å². The van der Waals surface area contributed by atoms with Crippen molar-refractivity contribution in [3.05, 3.63) is 52.4 Å². The Morgan fingerprint density at radius 1 is 1.07 bits per heavy atom. The van der Waals surface area contributed by atoms with Gasteiger partial charge in [0.15, 0.2) is 6.61 Å². The molecule has 1 fully saturated rings. The molecule has 1 aromatic carbocycles. The largest absolute Gasteiger partial charge is 0.497 e. The number of hydrogen-bond acceptors (Lipinski definition) is 5. The Labute approximate surface area is 164 Å². The summed E-state index contributed by atoms with van der Waals surface area (Å²) in [6.45, 7) is 3.10. The number of benzene rings is 1. The number of rotatable bonds is 6. The number of ether oxygens (including phenoxy) is 3. The van der Waals surface area contributed by atoms with Crippen molar-refractivity contribution in [1.29, 1.82) is 0 Å². The first-order valence-electron chi connectivity index (χ1n) is 9.35. The predicted molar refractivity (Wildman–Crippen MR) is 105 cm³/mol. The lowest BCUT2D eigenvalue weighted by molar-refractivity contribution is -0.135. The standard InChI is InChI=1S/C21H26N2O5/c1-15-12-19(13-20(24)22(15)2)28-18-8-10-23(11-9-18)21(25)14-27-17-6-4-16(26-3)5-7-17/h4-7,12-13,18H,8-11,14H2,1-3H3. The summed E-state index contributed by atoms with van der Waals surface area (Å²) in [5.74, 6) is 1.92. The zero-order chi connectivity index (χ0) is 20.1. The summed E-state index contributed by atoms with van der Waals surface area (Å²) in [5, 5.41) is 0. The summed E-state index contributed by atoms with van der Waals surface area (Å²) < 4.78 is 18.2. The smallest absolute Gasteiger partial charge is 0.260 e. The van der Waals surface area contributed by atoms with E-state index in [0.717, 1.165) is 24.3 Å². The highest BCUT2D eigenvalue weighted by molar-refractivity contribution is 5.77. The van der Waals surface area contributed by atoms with Gasteiger partial charge < -0.3 is 23.7 Å². The van der Waals surface area contributed by atoms with Gasteiger partial charge in [-0.3, -0.25) is 9.59 Å². The lowest BCUT2D eigenvalue weighted by Gasteiger charge is -2.32. The van der Waals surface area contributed by atoms with E-state index in [1.54, 1.807) is 47.9 Å². The molecule has 0 bridgehead atoms. The van der Waals surface area contributed by atoms with E-state index in [2.05, 4.69) is 0 Å². The first kappa shape index (κ1) is 19.8. The van der Waals surface area contributed by atoms with E-state index < -0.39 is 0 Å².